The van der Waals surface area contributed by atoms with E-state index < -0.39 is 0 Å². The summed E-state index contributed by atoms with van der Waals surface area (Å²) >= 11 is 0. The summed E-state index contributed by atoms with van der Waals surface area (Å²) in [5, 5.41) is 0. The molecule has 2 unspecified atom stereocenters. The van der Waals surface area contributed by atoms with Crippen molar-refractivity contribution >= 4 is 11.6 Å². The Bertz CT molecular complexity index is 435. The van der Waals surface area contributed by atoms with E-state index in [9.17, 15) is 4.79 Å². The molecule has 19 heavy (non-hydrogen) atoms. The Morgan fingerprint density at radius 2 is 2.37 bits per heavy atom. The van der Waals surface area contributed by atoms with Gasteiger partial charge in [0, 0.05) is 19.7 Å². The number of hydrogen-bond donors (Lipinski definition) is 2. The van der Waals surface area contributed by atoms with Gasteiger partial charge in [-0.3, -0.25) is 10.6 Å². The summed E-state index contributed by atoms with van der Waals surface area (Å²) in [6.07, 6.45) is 3.54. The van der Waals surface area contributed by atoms with Gasteiger partial charge in [0.25, 0.3) is 5.91 Å². The van der Waals surface area contributed by atoms with Crippen LogP contribution in [0.2, 0.25) is 0 Å². The second-order valence-corrected chi connectivity index (χ2v) is 4.81. The third-order valence-electron chi connectivity index (χ3n) is 3.57. The monoisotopic (exact) mass is 264 g/mol. The predicted octanol–water partition coefficient (Wildman–Crippen LogP) is 1.01. The Kier molecular flexibility index (Phi) is 4.34. The lowest BCUT2D eigenvalue weighted by atomic mass is 10.00. The lowest BCUT2D eigenvalue weighted by Gasteiger charge is -2.36. The number of carbonyl (C=O) groups excluding carboxylic acids is 1. The first-order chi connectivity index (χ1) is 9.15. The molecule has 0 radical (unpaired) electrons. The fraction of sp³-hybridized carbons (Fsp3) is 0.538. The van der Waals surface area contributed by atoms with Crippen molar-refractivity contribution in [3.05, 3.63) is 24.0 Å². The number of hydrogen-bond acceptors (Lipinski definition) is 5. The number of aromatic nitrogens is 1. The molecule has 1 fully saturated rings. The van der Waals surface area contributed by atoms with Crippen LogP contribution in [0.5, 0.6) is 0 Å². The number of nitrogen functional groups attached to an aromatic ring is 1. The quantitative estimate of drug-likeness (QED) is 0.629. The Morgan fingerprint density at radius 1 is 1.58 bits per heavy atom. The fourth-order valence-electron chi connectivity index (χ4n) is 2.40. The Labute approximate surface area is 112 Å². The van der Waals surface area contributed by atoms with Gasteiger partial charge in [-0.25, -0.2) is 4.98 Å². The van der Waals surface area contributed by atoms with Crippen molar-refractivity contribution in [2.75, 3.05) is 19.1 Å². The lowest BCUT2D eigenvalue weighted by molar-refractivity contribution is 0.0157. The number of pyridine rings is 1. The average Bonchev–Trinajstić information content (AvgIpc) is 2.46. The van der Waals surface area contributed by atoms with Gasteiger partial charge in [-0.05, 0) is 31.9 Å². The van der Waals surface area contributed by atoms with E-state index in [-0.39, 0.29) is 18.1 Å². The zero-order valence-electron chi connectivity index (χ0n) is 11.3. The molecule has 1 aromatic heterocycles. The second kappa shape index (κ2) is 5.99. The van der Waals surface area contributed by atoms with Crippen LogP contribution in [0.15, 0.2) is 18.3 Å². The molecule has 1 aliphatic rings. The minimum Gasteiger partial charge on any atom is -0.381 e. The van der Waals surface area contributed by atoms with Gasteiger partial charge in [-0.15, -0.1) is 0 Å². The maximum Gasteiger partial charge on any atom is 0.272 e. The normalized spacial score (nSPS) is 23.2. The summed E-state index contributed by atoms with van der Waals surface area (Å²) in [4.78, 5) is 18.4. The van der Waals surface area contributed by atoms with Gasteiger partial charge in [0.1, 0.15) is 5.69 Å². The standard InChI is InChI=1S/C13H20N4O2/c1-9-7-11(19-2)5-6-17(9)13(18)12-4-3-10(16-14)8-15-12/h3-4,8-9,11,16H,5-7,14H2,1-2H3. The molecule has 1 aliphatic heterocycles. The van der Waals surface area contributed by atoms with Crippen LogP contribution < -0.4 is 11.3 Å². The van der Waals surface area contributed by atoms with Crippen molar-refractivity contribution < 1.29 is 9.53 Å². The topological polar surface area (TPSA) is 80.5 Å². The number of nitrogens with one attached hydrogen (secondary N) is 1. The number of hydrazine groups is 1. The van der Waals surface area contributed by atoms with E-state index >= 15 is 0 Å². The number of nitrogens with zero attached hydrogens (tertiary/aromatic N) is 2. The van der Waals surface area contributed by atoms with Crippen LogP contribution in [-0.4, -0.2) is 41.6 Å². The van der Waals surface area contributed by atoms with Crippen LogP contribution in [0, 0.1) is 0 Å². The van der Waals surface area contributed by atoms with E-state index in [2.05, 4.69) is 10.4 Å². The van der Waals surface area contributed by atoms with E-state index in [1.54, 1.807) is 25.4 Å². The summed E-state index contributed by atoms with van der Waals surface area (Å²) in [5.41, 5.74) is 3.62. The van der Waals surface area contributed by atoms with Crippen LogP contribution in [0.1, 0.15) is 30.3 Å². The highest BCUT2D eigenvalue weighted by Crippen LogP contribution is 2.21. The van der Waals surface area contributed by atoms with E-state index in [4.69, 9.17) is 10.6 Å². The van der Waals surface area contributed by atoms with Gasteiger partial charge in [-0.1, -0.05) is 0 Å². The summed E-state index contributed by atoms with van der Waals surface area (Å²) in [6, 6.07) is 3.60. The van der Waals surface area contributed by atoms with E-state index in [0.29, 0.717) is 17.9 Å². The third-order valence-corrected chi connectivity index (χ3v) is 3.57. The molecular weight excluding hydrogens is 244 g/mol. The molecule has 104 valence electrons. The van der Waals surface area contributed by atoms with Crippen LogP contribution in [0.3, 0.4) is 0 Å². The molecule has 3 N–H and O–H groups in total. The Hall–Kier alpha value is -1.66. The highest BCUT2D eigenvalue weighted by molar-refractivity contribution is 5.92. The number of ether oxygens (including phenoxy) is 1. The molecule has 2 atom stereocenters. The fourth-order valence-corrected chi connectivity index (χ4v) is 2.40. The van der Waals surface area contributed by atoms with Crippen molar-refractivity contribution in [3.63, 3.8) is 0 Å². The van der Waals surface area contributed by atoms with Gasteiger partial charge in [0.2, 0.25) is 0 Å². The number of amides is 1. The zero-order valence-corrected chi connectivity index (χ0v) is 11.3. The molecule has 0 aliphatic carbocycles. The molecule has 0 aromatic carbocycles. The number of rotatable bonds is 3. The number of carbonyl (C=O) groups is 1. The lowest BCUT2D eigenvalue weighted by Crippen LogP contribution is -2.46. The first-order valence-corrected chi connectivity index (χ1v) is 6.42. The van der Waals surface area contributed by atoms with Crippen LogP contribution in [0.25, 0.3) is 0 Å². The number of methoxy groups -OCH3 is 1. The molecule has 1 amide bonds. The van der Waals surface area contributed by atoms with Gasteiger partial charge in [-0.2, -0.15) is 0 Å². The molecule has 1 saturated heterocycles. The Balaban J connectivity index is 2.06. The van der Waals surface area contributed by atoms with Gasteiger partial charge >= 0.3 is 0 Å². The predicted molar refractivity (Wildman–Crippen MR) is 72.6 cm³/mol. The molecule has 0 saturated carbocycles. The van der Waals surface area contributed by atoms with Crippen LogP contribution in [-0.2, 0) is 4.74 Å². The van der Waals surface area contributed by atoms with E-state index in [1.165, 1.54) is 0 Å². The van der Waals surface area contributed by atoms with Crippen LogP contribution >= 0.6 is 0 Å². The SMILES string of the molecule is COC1CCN(C(=O)c2ccc(NN)cn2)C(C)C1. The third kappa shape index (κ3) is 3.02. The average molecular weight is 264 g/mol. The minimum atomic E-state index is -0.0365. The maximum absolute atomic E-state index is 12.4. The molecular formula is C13H20N4O2. The van der Waals surface area contributed by atoms with E-state index in [1.807, 2.05) is 11.8 Å². The molecule has 6 heteroatoms. The first-order valence-electron chi connectivity index (χ1n) is 6.42. The second-order valence-electron chi connectivity index (χ2n) is 4.81. The number of piperidine rings is 1. The van der Waals surface area contributed by atoms with Crippen molar-refractivity contribution in [1.29, 1.82) is 0 Å². The maximum atomic E-state index is 12.4. The molecule has 6 nitrogen and oxygen atoms in total. The smallest absolute Gasteiger partial charge is 0.272 e. The van der Waals surface area contributed by atoms with Crippen molar-refractivity contribution in [2.24, 2.45) is 5.84 Å². The number of nitrogens with two attached hydrogens (primary N) is 1. The van der Waals surface area contributed by atoms with Crippen molar-refractivity contribution in [1.82, 2.24) is 9.88 Å². The number of anilines is 1. The highest BCUT2D eigenvalue weighted by Gasteiger charge is 2.29. The first kappa shape index (κ1) is 13.8. The summed E-state index contributed by atoms with van der Waals surface area (Å²) in [7, 11) is 1.72. The van der Waals surface area contributed by atoms with Crippen molar-refractivity contribution in [3.8, 4) is 0 Å². The minimum absolute atomic E-state index is 0.0365. The molecule has 0 spiro atoms. The van der Waals surface area contributed by atoms with Crippen molar-refractivity contribution in [2.45, 2.75) is 31.9 Å². The largest absolute Gasteiger partial charge is 0.381 e. The van der Waals surface area contributed by atoms with Gasteiger partial charge < -0.3 is 15.1 Å². The van der Waals surface area contributed by atoms with Gasteiger partial charge in [0.15, 0.2) is 0 Å². The summed E-state index contributed by atoms with van der Waals surface area (Å²) in [6.45, 7) is 2.75. The zero-order chi connectivity index (χ0) is 13.8. The molecule has 0 bridgehead atoms. The van der Waals surface area contributed by atoms with E-state index in [0.717, 1.165) is 12.8 Å². The highest BCUT2D eigenvalue weighted by atomic mass is 16.5. The number of likely N-dealkylation sites (tertiary alicyclic amines) is 1. The summed E-state index contributed by atoms with van der Waals surface area (Å²) in [5.74, 6) is 5.24. The van der Waals surface area contributed by atoms with Crippen LogP contribution in [0.4, 0.5) is 5.69 Å². The van der Waals surface area contributed by atoms with Gasteiger partial charge in [0.05, 0.1) is 18.0 Å². The molecule has 2 heterocycles. The Morgan fingerprint density at radius 3 is 2.89 bits per heavy atom. The summed E-state index contributed by atoms with van der Waals surface area (Å²) < 4.78 is 5.35. The molecule has 1 aromatic rings. The molecule has 2 rings (SSSR count).